The summed E-state index contributed by atoms with van der Waals surface area (Å²) >= 11 is 0. The van der Waals surface area contributed by atoms with Gasteiger partial charge in [0.25, 0.3) is 5.69 Å². The second-order valence-corrected chi connectivity index (χ2v) is 11.0. The molecule has 11 nitrogen and oxygen atoms in total. The summed E-state index contributed by atoms with van der Waals surface area (Å²) in [6.45, 7) is 6.87. The molecule has 0 spiro atoms. The van der Waals surface area contributed by atoms with Crippen LogP contribution < -0.4 is 14.4 Å². The van der Waals surface area contributed by atoms with Crippen LogP contribution in [0.5, 0.6) is 5.75 Å². The van der Waals surface area contributed by atoms with E-state index in [9.17, 15) is 28.1 Å². The van der Waals surface area contributed by atoms with Gasteiger partial charge in [0, 0.05) is 24.7 Å². The second kappa shape index (κ2) is 13.2. The van der Waals surface area contributed by atoms with Crippen molar-refractivity contribution in [3.05, 3.63) is 63.7 Å². The summed E-state index contributed by atoms with van der Waals surface area (Å²) in [7, 11) is -2.80. The van der Waals surface area contributed by atoms with Gasteiger partial charge in [-0.25, -0.2) is 8.42 Å². The Morgan fingerprint density at radius 3 is 2.24 bits per heavy atom. The van der Waals surface area contributed by atoms with Crippen LogP contribution in [0.1, 0.15) is 44.7 Å². The molecule has 0 aromatic heterocycles. The molecule has 2 aromatic rings. The molecule has 1 N–H and O–H groups in total. The van der Waals surface area contributed by atoms with E-state index < -0.39 is 33.4 Å². The number of anilines is 1. The average molecular weight is 549 g/mol. The lowest BCUT2D eigenvalue weighted by Crippen LogP contribution is -2.53. The molecule has 2 unspecified atom stereocenters. The van der Waals surface area contributed by atoms with E-state index in [2.05, 4.69) is 5.32 Å². The number of nitrogens with one attached hydrogen (secondary N) is 1. The van der Waals surface area contributed by atoms with Crippen molar-refractivity contribution in [3.63, 3.8) is 0 Å². The molecule has 12 heteroatoms. The number of sulfonamides is 1. The first-order valence-electron chi connectivity index (χ1n) is 12.3. The lowest BCUT2D eigenvalue weighted by molar-refractivity contribution is -0.384. The van der Waals surface area contributed by atoms with Crippen LogP contribution in [-0.4, -0.2) is 62.0 Å². The number of amides is 2. The number of benzene rings is 2. The van der Waals surface area contributed by atoms with Gasteiger partial charge in [-0.2, -0.15) is 0 Å². The fourth-order valence-corrected chi connectivity index (χ4v) is 4.68. The molecule has 0 bridgehead atoms. The van der Waals surface area contributed by atoms with E-state index in [4.69, 9.17) is 4.74 Å². The minimum atomic E-state index is -4.09. The van der Waals surface area contributed by atoms with Crippen LogP contribution in [0, 0.1) is 17.0 Å². The zero-order valence-electron chi connectivity index (χ0n) is 22.6. The molecule has 0 saturated heterocycles. The van der Waals surface area contributed by atoms with Crippen molar-refractivity contribution in [2.75, 3.05) is 24.2 Å². The molecule has 0 aliphatic heterocycles. The van der Waals surface area contributed by atoms with Gasteiger partial charge in [-0.15, -0.1) is 0 Å². The Morgan fingerprint density at radius 2 is 1.74 bits per heavy atom. The molecule has 2 aromatic carbocycles. The van der Waals surface area contributed by atoms with Gasteiger partial charge in [0.15, 0.2) is 0 Å². The Morgan fingerprint density at radius 1 is 1.11 bits per heavy atom. The number of aryl methyl sites for hydroxylation is 1. The molecule has 0 radical (unpaired) electrons. The highest BCUT2D eigenvalue weighted by atomic mass is 32.2. The van der Waals surface area contributed by atoms with Gasteiger partial charge in [-0.3, -0.25) is 24.0 Å². The predicted molar refractivity (Wildman–Crippen MR) is 146 cm³/mol. The Labute approximate surface area is 224 Å². The van der Waals surface area contributed by atoms with Crippen molar-refractivity contribution in [1.29, 1.82) is 0 Å². The van der Waals surface area contributed by atoms with Crippen molar-refractivity contribution < 1.29 is 27.7 Å². The maximum atomic E-state index is 13.8. The number of ether oxygens (including phenoxy) is 1. The summed E-state index contributed by atoms with van der Waals surface area (Å²) in [5.41, 5.74) is 1.27. The number of carbonyl (C=O) groups is 2. The van der Waals surface area contributed by atoms with Gasteiger partial charge in [0.1, 0.15) is 24.0 Å². The molecule has 0 fully saturated rings. The molecule has 2 amide bonds. The molecular weight excluding hydrogens is 512 g/mol. The number of hydrogen-bond donors (Lipinski definition) is 1. The van der Waals surface area contributed by atoms with Crippen LogP contribution in [0.4, 0.5) is 11.4 Å². The normalized spacial score (nSPS) is 12.8. The highest BCUT2D eigenvalue weighted by Gasteiger charge is 2.33. The topological polar surface area (TPSA) is 139 Å². The number of nitrogens with zero attached hydrogens (tertiary/aromatic N) is 3. The average Bonchev–Trinajstić information content (AvgIpc) is 2.86. The fourth-order valence-electron chi connectivity index (χ4n) is 3.83. The molecule has 2 rings (SSSR count). The van der Waals surface area contributed by atoms with Crippen LogP contribution in [0.15, 0.2) is 42.5 Å². The number of non-ortho nitro benzene ring substituents is 1. The molecule has 208 valence electrons. The van der Waals surface area contributed by atoms with Crippen molar-refractivity contribution in [2.45, 2.75) is 59.2 Å². The monoisotopic (exact) mass is 548 g/mol. The Bertz CT molecular complexity index is 1250. The SMILES string of the molecule is CCC(C)NC(=O)C(CC)N(Cc1ccc(C)cc1)C(=O)CN(c1cc([N+](=O)[O-])ccc1OC)S(C)(=O)=O. The van der Waals surface area contributed by atoms with Crippen LogP contribution in [0.25, 0.3) is 0 Å². The number of carbonyl (C=O) groups excluding carboxylic acids is 2. The Hall–Kier alpha value is -3.67. The van der Waals surface area contributed by atoms with Gasteiger partial charge in [-0.05, 0) is 38.3 Å². The minimum absolute atomic E-state index is 0.0421. The second-order valence-electron chi connectivity index (χ2n) is 9.13. The van der Waals surface area contributed by atoms with Crippen LogP contribution in [0.3, 0.4) is 0 Å². The van der Waals surface area contributed by atoms with E-state index in [1.54, 1.807) is 6.92 Å². The molecular formula is C26H36N4O7S. The Kier molecular flexibility index (Phi) is 10.6. The lowest BCUT2D eigenvalue weighted by atomic mass is 10.1. The molecule has 38 heavy (non-hydrogen) atoms. The number of hydrogen-bond acceptors (Lipinski definition) is 7. The summed E-state index contributed by atoms with van der Waals surface area (Å²) in [6.07, 6.45) is 1.89. The van der Waals surface area contributed by atoms with Gasteiger partial charge >= 0.3 is 0 Å². The molecule has 0 saturated carbocycles. The number of nitro benzene ring substituents is 1. The Balaban J connectivity index is 2.55. The standard InChI is InChI=1S/C26H36N4O7S/c1-7-19(4)27-26(32)22(8-2)28(16-20-11-9-18(3)10-12-20)25(31)17-29(38(6,35)36)23-15-21(30(33)34)13-14-24(23)37-5/h9-15,19,22H,7-8,16-17H2,1-6H3,(H,27,32). The predicted octanol–water partition coefficient (Wildman–Crippen LogP) is 3.40. The molecule has 0 aliphatic rings. The highest BCUT2D eigenvalue weighted by Crippen LogP contribution is 2.34. The largest absolute Gasteiger partial charge is 0.495 e. The highest BCUT2D eigenvalue weighted by molar-refractivity contribution is 7.92. The first-order valence-corrected chi connectivity index (χ1v) is 14.1. The lowest BCUT2D eigenvalue weighted by Gasteiger charge is -2.33. The molecule has 0 heterocycles. The zero-order chi connectivity index (χ0) is 28.6. The minimum Gasteiger partial charge on any atom is -0.495 e. The van der Waals surface area contributed by atoms with Crippen LogP contribution in [-0.2, 0) is 26.2 Å². The third-order valence-electron chi connectivity index (χ3n) is 6.18. The quantitative estimate of drug-likeness (QED) is 0.299. The van der Waals surface area contributed by atoms with E-state index >= 15 is 0 Å². The van der Waals surface area contributed by atoms with Crippen LogP contribution in [0.2, 0.25) is 0 Å². The smallest absolute Gasteiger partial charge is 0.271 e. The molecule has 0 aliphatic carbocycles. The van der Waals surface area contributed by atoms with Crippen molar-refractivity contribution in [1.82, 2.24) is 10.2 Å². The molecule has 2 atom stereocenters. The van der Waals surface area contributed by atoms with Crippen molar-refractivity contribution >= 4 is 33.2 Å². The maximum absolute atomic E-state index is 13.8. The van der Waals surface area contributed by atoms with E-state index in [1.165, 1.54) is 24.1 Å². The number of nitro groups is 1. The third kappa shape index (κ3) is 7.91. The summed E-state index contributed by atoms with van der Waals surface area (Å²) in [5.74, 6) is -0.947. The van der Waals surface area contributed by atoms with Gasteiger partial charge in [-0.1, -0.05) is 43.7 Å². The fraction of sp³-hybridized carbons (Fsp3) is 0.462. The van der Waals surface area contributed by atoms with Crippen LogP contribution >= 0.6 is 0 Å². The van der Waals surface area contributed by atoms with Gasteiger partial charge < -0.3 is 15.0 Å². The summed E-state index contributed by atoms with van der Waals surface area (Å²) < 4.78 is 31.7. The summed E-state index contributed by atoms with van der Waals surface area (Å²) in [5, 5.41) is 14.3. The van der Waals surface area contributed by atoms with Gasteiger partial charge in [0.05, 0.1) is 18.3 Å². The van der Waals surface area contributed by atoms with E-state index in [1.807, 2.05) is 45.0 Å². The zero-order valence-corrected chi connectivity index (χ0v) is 23.4. The van der Waals surface area contributed by atoms with E-state index in [0.717, 1.165) is 27.8 Å². The number of methoxy groups -OCH3 is 1. The van der Waals surface area contributed by atoms with Gasteiger partial charge in [0.2, 0.25) is 21.8 Å². The summed E-state index contributed by atoms with van der Waals surface area (Å²) in [4.78, 5) is 39.0. The maximum Gasteiger partial charge on any atom is 0.271 e. The third-order valence-corrected chi connectivity index (χ3v) is 7.31. The van der Waals surface area contributed by atoms with E-state index in [-0.39, 0.29) is 35.6 Å². The first kappa shape index (κ1) is 30.6. The van der Waals surface area contributed by atoms with Crippen molar-refractivity contribution in [3.8, 4) is 5.75 Å². The summed E-state index contributed by atoms with van der Waals surface area (Å²) in [6, 6.07) is 9.96. The van der Waals surface area contributed by atoms with Crippen molar-refractivity contribution in [2.24, 2.45) is 0 Å². The number of rotatable bonds is 13. The van der Waals surface area contributed by atoms with E-state index in [0.29, 0.717) is 12.8 Å². The first-order chi connectivity index (χ1) is 17.8.